The Morgan fingerprint density at radius 3 is 2.79 bits per heavy atom. The Labute approximate surface area is 166 Å². The molecule has 3 aromatic rings. The second-order valence-corrected chi connectivity index (χ2v) is 7.24. The fraction of sp³-hybridized carbons (Fsp3) is 0.250. The molecule has 0 radical (unpaired) electrons. The third-order valence-corrected chi connectivity index (χ3v) is 5.20. The van der Waals surface area contributed by atoms with Crippen molar-refractivity contribution < 1.29 is 9.18 Å². The van der Waals surface area contributed by atoms with Crippen molar-refractivity contribution >= 4 is 34.2 Å². The van der Waals surface area contributed by atoms with Gasteiger partial charge in [0.25, 0.3) is 5.91 Å². The Balaban J connectivity index is 1.74. The molecule has 1 aliphatic heterocycles. The first-order valence-corrected chi connectivity index (χ1v) is 9.38. The van der Waals surface area contributed by atoms with E-state index in [2.05, 4.69) is 20.2 Å². The number of hydrogen-bond donors (Lipinski definition) is 2. The van der Waals surface area contributed by atoms with Crippen LogP contribution in [0.15, 0.2) is 42.7 Å². The average molecular weight is 400 g/mol. The number of halogens is 2. The van der Waals surface area contributed by atoms with Crippen LogP contribution in [0.25, 0.3) is 10.9 Å². The molecule has 0 saturated carbocycles. The molecule has 2 aromatic carbocycles. The predicted molar refractivity (Wildman–Crippen MR) is 107 cm³/mol. The molecule has 8 heteroatoms. The highest BCUT2D eigenvalue weighted by atomic mass is 35.5. The number of para-hydroxylation sites is 1. The molecule has 3 N–H and O–H groups in total. The molecule has 1 atom stereocenters. The number of nitrogens with zero attached hydrogens (tertiary/aromatic N) is 3. The van der Waals surface area contributed by atoms with Gasteiger partial charge in [0, 0.05) is 22.5 Å². The Morgan fingerprint density at radius 1 is 1.29 bits per heavy atom. The van der Waals surface area contributed by atoms with E-state index in [0.29, 0.717) is 39.4 Å². The van der Waals surface area contributed by atoms with E-state index < -0.39 is 5.91 Å². The maximum Gasteiger partial charge on any atom is 0.250 e. The number of amides is 1. The largest absolute Gasteiger partial charge is 0.366 e. The summed E-state index contributed by atoms with van der Waals surface area (Å²) in [5.74, 6) is -0.411. The van der Waals surface area contributed by atoms with E-state index in [1.807, 2.05) is 6.07 Å². The molecule has 1 aliphatic rings. The SMILES string of the molecule is NC(=O)c1cccc2c(NC(CN3CCC3)c3ccc(Cl)cc3F)ncnc12. The number of aromatic nitrogens is 2. The van der Waals surface area contributed by atoms with E-state index >= 15 is 0 Å². The Hall–Kier alpha value is -2.77. The molecule has 0 bridgehead atoms. The van der Waals surface area contributed by atoms with E-state index in [1.54, 1.807) is 24.3 Å². The number of anilines is 1. The lowest BCUT2D eigenvalue weighted by Gasteiger charge is -2.35. The average Bonchev–Trinajstić information content (AvgIpc) is 2.63. The van der Waals surface area contributed by atoms with E-state index in [-0.39, 0.29) is 11.9 Å². The summed E-state index contributed by atoms with van der Waals surface area (Å²) in [4.78, 5) is 22.5. The van der Waals surface area contributed by atoms with E-state index in [0.717, 1.165) is 19.5 Å². The van der Waals surface area contributed by atoms with Gasteiger partial charge in [0.05, 0.1) is 17.1 Å². The van der Waals surface area contributed by atoms with Gasteiger partial charge < -0.3 is 16.0 Å². The summed E-state index contributed by atoms with van der Waals surface area (Å²) in [6, 6.07) is 9.49. The highest BCUT2D eigenvalue weighted by Gasteiger charge is 2.24. The van der Waals surface area contributed by atoms with Crippen LogP contribution in [0.1, 0.15) is 28.4 Å². The summed E-state index contributed by atoms with van der Waals surface area (Å²) in [6.07, 6.45) is 2.50. The first-order valence-electron chi connectivity index (χ1n) is 9.00. The summed E-state index contributed by atoms with van der Waals surface area (Å²) in [5.41, 5.74) is 6.75. The smallest absolute Gasteiger partial charge is 0.250 e. The van der Waals surface area contributed by atoms with Gasteiger partial charge >= 0.3 is 0 Å². The molecule has 1 saturated heterocycles. The number of primary amides is 1. The molecule has 144 valence electrons. The number of fused-ring (bicyclic) bond motifs is 1. The topological polar surface area (TPSA) is 84.1 Å². The zero-order valence-electron chi connectivity index (χ0n) is 15.0. The van der Waals surface area contributed by atoms with Crippen molar-refractivity contribution in [1.82, 2.24) is 14.9 Å². The van der Waals surface area contributed by atoms with Crippen LogP contribution in [0.5, 0.6) is 0 Å². The van der Waals surface area contributed by atoms with E-state index in [1.165, 1.54) is 12.4 Å². The van der Waals surface area contributed by atoms with Gasteiger partial charge in [-0.2, -0.15) is 0 Å². The molecule has 0 spiro atoms. The summed E-state index contributed by atoms with van der Waals surface area (Å²) in [7, 11) is 0. The lowest BCUT2D eigenvalue weighted by molar-refractivity contribution is 0.100. The van der Waals surface area contributed by atoms with Gasteiger partial charge in [0.1, 0.15) is 18.0 Å². The minimum Gasteiger partial charge on any atom is -0.366 e. The molecular weight excluding hydrogens is 381 g/mol. The number of carbonyl (C=O) groups excluding carboxylic acids is 1. The molecule has 1 unspecified atom stereocenters. The quantitative estimate of drug-likeness (QED) is 0.663. The van der Waals surface area contributed by atoms with E-state index in [9.17, 15) is 9.18 Å². The number of carbonyl (C=O) groups is 1. The van der Waals surface area contributed by atoms with Crippen LogP contribution in [-0.2, 0) is 0 Å². The van der Waals surface area contributed by atoms with Crippen molar-refractivity contribution in [3.05, 3.63) is 64.7 Å². The summed E-state index contributed by atoms with van der Waals surface area (Å²) in [6.45, 7) is 2.58. The van der Waals surface area contributed by atoms with Crippen LogP contribution in [-0.4, -0.2) is 40.4 Å². The third kappa shape index (κ3) is 3.63. The van der Waals surface area contributed by atoms with Gasteiger partial charge in [-0.05, 0) is 43.8 Å². The number of hydrogen-bond acceptors (Lipinski definition) is 5. The number of nitrogens with two attached hydrogens (primary N) is 1. The van der Waals surface area contributed by atoms with Crippen molar-refractivity contribution in [2.45, 2.75) is 12.5 Å². The normalized spacial score (nSPS) is 15.2. The van der Waals surface area contributed by atoms with E-state index in [4.69, 9.17) is 17.3 Å². The van der Waals surface area contributed by atoms with Gasteiger partial charge in [-0.25, -0.2) is 14.4 Å². The van der Waals surface area contributed by atoms with Crippen LogP contribution in [0.2, 0.25) is 5.02 Å². The van der Waals surface area contributed by atoms with Crippen molar-refractivity contribution in [2.75, 3.05) is 25.0 Å². The fourth-order valence-corrected chi connectivity index (χ4v) is 3.55. The molecule has 0 aliphatic carbocycles. The monoisotopic (exact) mass is 399 g/mol. The number of rotatable bonds is 6. The Bertz CT molecular complexity index is 1040. The minimum absolute atomic E-state index is 0.319. The second-order valence-electron chi connectivity index (χ2n) is 6.81. The van der Waals surface area contributed by atoms with Gasteiger partial charge in [-0.1, -0.05) is 23.7 Å². The molecule has 1 aromatic heterocycles. The van der Waals surface area contributed by atoms with Gasteiger partial charge in [-0.15, -0.1) is 0 Å². The van der Waals surface area contributed by atoms with Gasteiger partial charge in [-0.3, -0.25) is 4.79 Å². The lowest BCUT2D eigenvalue weighted by atomic mass is 10.0. The molecule has 6 nitrogen and oxygen atoms in total. The number of nitrogens with one attached hydrogen (secondary N) is 1. The molecule has 1 amide bonds. The summed E-state index contributed by atoms with van der Waals surface area (Å²) < 4.78 is 14.6. The molecule has 28 heavy (non-hydrogen) atoms. The molecule has 1 fully saturated rings. The molecular formula is C20H19ClFN5O. The first kappa shape index (κ1) is 18.6. The first-order chi connectivity index (χ1) is 13.5. The van der Waals surface area contributed by atoms with Crippen molar-refractivity contribution in [3.63, 3.8) is 0 Å². The lowest BCUT2D eigenvalue weighted by Crippen LogP contribution is -2.41. The van der Waals surface area contributed by atoms with Crippen LogP contribution >= 0.6 is 11.6 Å². The third-order valence-electron chi connectivity index (χ3n) is 4.97. The molecule has 2 heterocycles. The van der Waals surface area contributed by atoms with Gasteiger partial charge in [0.2, 0.25) is 0 Å². The predicted octanol–water partition coefficient (Wildman–Crippen LogP) is 3.38. The van der Waals surface area contributed by atoms with Crippen molar-refractivity contribution in [1.29, 1.82) is 0 Å². The summed E-state index contributed by atoms with van der Waals surface area (Å²) >= 11 is 5.92. The Kier molecular flexibility index (Phi) is 5.11. The highest BCUT2D eigenvalue weighted by Crippen LogP contribution is 2.29. The standard InChI is InChI=1S/C20H19ClFN5O/c21-12-5-6-13(16(22)9-12)17(10-27-7-2-8-27)26-20-15-4-1-3-14(19(23)28)18(15)24-11-25-20/h1,3-6,9,11,17H,2,7-8,10H2,(H2,23,28)(H,24,25,26). The van der Waals surface area contributed by atoms with Crippen LogP contribution in [0.3, 0.4) is 0 Å². The fourth-order valence-electron chi connectivity index (χ4n) is 3.39. The van der Waals surface area contributed by atoms with Crippen LogP contribution in [0, 0.1) is 5.82 Å². The minimum atomic E-state index is -0.559. The second kappa shape index (κ2) is 7.69. The summed E-state index contributed by atoms with van der Waals surface area (Å²) in [5, 5.41) is 4.34. The number of benzene rings is 2. The zero-order chi connectivity index (χ0) is 19.7. The van der Waals surface area contributed by atoms with Gasteiger partial charge in [0.15, 0.2) is 0 Å². The van der Waals surface area contributed by atoms with Crippen LogP contribution < -0.4 is 11.1 Å². The number of likely N-dealkylation sites (tertiary alicyclic amines) is 1. The Morgan fingerprint density at radius 2 is 2.11 bits per heavy atom. The highest BCUT2D eigenvalue weighted by molar-refractivity contribution is 6.30. The van der Waals surface area contributed by atoms with Crippen LogP contribution in [0.4, 0.5) is 10.2 Å². The van der Waals surface area contributed by atoms with Crippen molar-refractivity contribution in [2.24, 2.45) is 5.73 Å². The zero-order valence-corrected chi connectivity index (χ0v) is 15.8. The molecule has 4 rings (SSSR count). The maximum atomic E-state index is 14.6. The maximum absolute atomic E-state index is 14.6. The van der Waals surface area contributed by atoms with Crippen molar-refractivity contribution in [3.8, 4) is 0 Å².